The van der Waals surface area contributed by atoms with Gasteiger partial charge in [-0.2, -0.15) is 13.2 Å². The van der Waals surface area contributed by atoms with E-state index < -0.39 is 42.3 Å². The summed E-state index contributed by atoms with van der Waals surface area (Å²) in [5.41, 5.74) is -0.0515. The fraction of sp³-hybridized carbons (Fsp3) is 0.231. The van der Waals surface area contributed by atoms with Gasteiger partial charge in [-0.15, -0.1) is 0 Å². The van der Waals surface area contributed by atoms with Crippen LogP contribution in [0.3, 0.4) is 0 Å². The molecule has 1 heterocycles. The SMILES string of the molecule is O=C(O)COc1ccc(F)cc1C1c2cccc(C(F)(F)F)c2CCN1C(=O)OCc1ccccc1. The third-order valence-corrected chi connectivity index (χ3v) is 5.78. The largest absolute Gasteiger partial charge is 0.482 e. The van der Waals surface area contributed by atoms with Crippen LogP contribution in [0.25, 0.3) is 0 Å². The monoisotopic (exact) mass is 503 g/mol. The minimum absolute atomic E-state index is 0.00758. The topological polar surface area (TPSA) is 76.1 Å². The maximum absolute atomic E-state index is 14.4. The van der Waals surface area contributed by atoms with Crippen LogP contribution < -0.4 is 4.74 Å². The molecule has 0 fully saturated rings. The van der Waals surface area contributed by atoms with Gasteiger partial charge in [-0.3, -0.25) is 4.90 Å². The molecule has 1 unspecified atom stereocenters. The standard InChI is InChI=1S/C26H21F4NO5/c27-17-9-10-22(35-15-23(32)33)20(13-17)24-19-7-4-8-21(26(28,29)30)18(19)11-12-31(24)25(34)36-14-16-5-2-1-3-6-16/h1-10,13,24H,11-12,14-15H2,(H,32,33). The smallest absolute Gasteiger partial charge is 0.416 e. The summed E-state index contributed by atoms with van der Waals surface area (Å²) in [5.74, 6) is -2.10. The number of carbonyl (C=O) groups is 2. The van der Waals surface area contributed by atoms with Crippen LogP contribution >= 0.6 is 0 Å². The molecule has 3 aromatic carbocycles. The van der Waals surface area contributed by atoms with E-state index in [1.165, 1.54) is 23.1 Å². The summed E-state index contributed by atoms with van der Waals surface area (Å²) in [7, 11) is 0. The zero-order chi connectivity index (χ0) is 25.9. The van der Waals surface area contributed by atoms with Crippen molar-refractivity contribution in [3.63, 3.8) is 0 Å². The van der Waals surface area contributed by atoms with E-state index in [-0.39, 0.29) is 42.0 Å². The Balaban J connectivity index is 1.79. The number of carboxylic acid groups (broad SMARTS) is 1. The highest BCUT2D eigenvalue weighted by Crippen LogP contribution is 2.44. The number of benzene rings is 3. The molecular weight excluding hydrogens is 482 g/mol. The zero-order valence-electron chi connectivity index (χ0n) is 18.8. The van der Waals surface area contributed by atoms with E-state index in [9.17, 15) is 27.2 Å². The number of alkyl halides is 3. The maximum Gasteiger partial charge on any atom is 0.416 e. The minimum Gasteiger partial charge on any atom is -0.482 e. The highest BCUT2D eigenvalue weighted by atomic mass is 19.4. The van der Waals surface area contributed by atoms with Crippen LogP contribution in [-0.2, 0) is 28.7 Å². The van der Waals surface area contributed by atoms with Crippen molar-refractivity contribution in [2.75, 3.05) is 13.2 Å². The highest BCUT2D eigenvalue weighted by molar-refractivity contribution is 5.71. The Labute approximate surface area is 203 Å². The van der Waals surface area contributed by atoms with E-state index in [0.29, 0.717) is 5.56 Å². The summed E-state index contributed by atoms with van der Waals surface area (Å²) < 4.78 is 66.4. The van der Waals surface area contributed by atoms with Gasteiger partial charge in [-0.05, 0) is 47.4 Å². The molecule has 10 heteroatoms. The molecule has 1 aliphatic rings. The van der Waals surface area contributed by atoms with E-state index in [2.05, 4.69) is 0 Å². The molecular formula is C26H21F4NO5. The average molecular weight is 503 g/mol. The molecule has 4 rings (SSSR count). The predicted octanol–water partition coefficient (Wildman–Crippen LogP) is 5.59. The second-order valence-corrected chi connectivity index (χ2v) is 8.12. The number of carbonyl (C=O) groups excluding carboxylic acids is 1. The second-order valence-electron chi connectivity index (χ2n) is 8.12. The predicted molar refractivity (Wildman–Crippen MR) is 120 cm³/mol. The molecule has 0 spiro atoms. The molecule has 1 N–H and O–H groups in total. The normalized spacial score (nSPS) is 15.2. The summed E-state index contributed by atoms with van der Waals surface area (Å²) >= 11 is 0. The summed E-state index contributed by atoms with van der Waals surface area (Å²) in [5, 5.41) is 9.02. The number of rotatable bonds is 6. The van der Waals surface area contributed by atoms with Crippen molar-refractivity contribution in [3.8, 4) is 5.75 Å². The Morgan fingerprint density at radius 3 is 2.44 bits per heavy atom. The number of carboxylic acids is 1. The summed E-state index contributed by atoms with van der Waals surface area (Å²) in [6.45, 7) is -0.990. The number of aliphatic carboxylic acids is 1. The van der Waals surface area contributed by atoms with E-state index in [0.717, 1.165) is 18.2 Å². The Hall–Kier alpha value is -4.08. The maximum atomic E-state index is 14.4. The van der Waals surface area contributed by atoms with Gasteiger partial charge >= 0.3 is 18.2 Å². The van der Waals surface area contributed by atoms with Crippen LogP contribution in [0, 0.1) is 5.82 Å². The Kier molecular flexibility index (Phi) is 7.14. The van der Waals surface area contributed by atoms with Crippen molar-refractivity contribution in [1.29, 1.82) is 0 Å². The molecule has 0 aliphatic carbocycles. The quantitative estimate of drug-likeness (QED) is 0.444. The van der Waals surface area contributed by atoms with Crippen molar-refractivity contribution in [2.45, 2.75) is 25.2 Å². The lowest BCUT2D eigenvalue weighted by Crippen LogP contribution is -2.41. The van der Waals surface area contributed by atoms with Crippen molar-refractivity contribution < 1.29 is 41.7 Å². The summed E-state index contributed by atoms with van der Waals surface area (Å²) in [6.07, 6.45) is -5.57. The molecule has 0 radical (unpaired) electrons. The van der Waals surface area contributed by atoms with E-state index in [1.807, 2.05) is 0 Å². The first kappa shape index (κ1) is 25.0. The molecule has 3 aromatic rings. The lowest BCUT2D eigenvalue weighted by atomic mass is 9.85. The number of hydrogen-bond donors (Lipinski definition) is 1. The molecule has 1 amide bonds. The van der Waals surface area contributed by atoms with Crippen LogP contribution in [0.15, 0.2) is 66.7 Å². The van der Waals surface area contributed by atoms with Crippen LogP contribution in [0.2, 0.25) is 0 Å². The Morgan fingerprint density at radius 1 is 1.00 bits per heavy atom. The van der Waals surface area contributed by atoms with E-state index in [4.69, 9.17) is 14.6 Å². The number of amides is 1. The summed E-state index contributed by atoms with van der Waals surface area (Å²) in [6, 6.07) is 14.4. The third-order valence-electron chi connectivity index (χ3n) is 5.78. The van der Waals surface area contributed by atoms with Gasteiger partial charge in [0.1, 0.15) is 18.2 Å². The Morgan fingerprint density at radius 2 is 1.75 bits per heavy atom. The lowest BCUT2D eigenvalue weighted by molar-refractivity contribution is -0.139. The number of ether oxygens (including phenoxy) is 2. The van der Waals surface area contributed by atoms with Crippen LogP contribution in [-0.4, -0.2) is 35.2 Å². The molecule has 0 saturated heterocycles. The average Bonchev–Trinajstić information content (AvgIpc) is 2.85. The van der Waals surface area contributed by atoms with Crippen molar-refractivity contribution in [1.82, 2.24) is 4.90 Å². The fourth-order valence-electron chi connectivity index (χ4n) is 4.27. The Bertz CT molecular complexity index is 1260. The fourth-order valence-corrected chi connectivity index (χ4v) is 4.27. The number of fused-ring (bicyclic) bond motifs is 1. The first-order chi connectivity index (χ1) is 17.1. The zero-order valence-corrected chi connectivity index (χ0v) is 18.8. The van der Waals surface area contributed by atoms with Gasteiger partial charge in [-0.1, -0.05) is 42.5 Å². The molecule has 1 aliphatic heterocycles. The molecule has 36 heavy (non-hydrogen) atoms. The van der Waals surface area contributed by atoms with Gasteiger partial charge in [0.15, 0.2) is 6.61 Å². The van der Waals surface area contributed by atoms with E-state index in [1.54, 1.807) is 30.3 Å². The number of nitrogens with zero attached hydrogens (tertiary/aromatic N) is 1. The first-order valence-electron chi connectivity index (χ1n) is 11.0. The van der Waals surface area contributed by atoms with Gasteiger partial charge in [0, 0.05) is 12.1 Å². The van der Waals surface area contributed by atoms with Gasteiger partial charge < -0.3 is 14.6 Å². The van der Waals surface area contributed by atoms with E-state index >= 15 is 0 Å². The number of halogens is 4. The first-order valence-corrected chi connectivity index (χ1v) is 11.0. The molecule has 0 bridgehead atoms. The molecule has 188 valence electrons. The minimum atomic E-state index is -4.64. The number of hydrogen-bond acceptors (Lipinski definition) is 4. The van der Waals surface area contributed by atoms with Crippen LogP contribution in [0.1, 0.15) is 33.9 Å². The van der Waals surface area contributed by atoms with Crippen molar-refractivity contribution in [3.05, 3.63) is 100 Å². The van der Waals surface area contributed by atoms with Crippen molar-refractivity contribution in [2.24, 2.45) is 0 Å². The van der Waals surface area contributed by atoms with Crippen LogP contribution in [0.5, 0.6) is 5.75 Å². The molecule has 0 saturated carbocycles. The third kappa shape index (κ3) is 5.42. The van der Waals surface area contributed by atoms with Crippen molar-refractivity contribution >= 4 is 12.1 Å². The second kappa shape index (κ2) is 10.3. The van der Waals surface area contributed by atoms with Crippen LogP contribution in [0.4, 0.5) is 22.4 Å². The van der Waals surface area contributed by atoms with Gasteiger partial charge in [0.05, 0.1) is 11.6 Å². The van der Waals surface area contributed by atoms with Gasteiger partial charge in [0.2, 0.25) is 0 Å². The van der Waals surface area contributed by atoms with Gasteiger partial charge in [0.25, 0.3) is 0 Å². The molecule has 1 atom stereocenters. The highest BCUT2D eigenvalue weighted by Gasteiger charge is 2.41. The molecule has 0 aromatic heterocycles. The van der Waals surface area contributed by atoms with Gasteiger partial charge in [-0.25, -0.2) is 14.0 Å². The molecule has 6 nitrogen and oxygen atoms in total. The lowest BCUT2D eigenvalue weighted by Gasteiger charge is -2.38. The summed E-state index contributed by atoms with van der Waals surface area (Å²) in [4.78, 5) is 25.4.